The normalized spacial score (nSPS) is 11.2. The lowest BCUT2D eigenvalue weighted by atomic mass is 10.1. The molecular formula is C13H14N2O3S. The molecule has 0 aliphatic carbocycles. The number of nitrogens with zero attached hydrogens (tertiary/aromatic N) is 1. The molecule has 0 aliphatic heterocycles. The highest BCUT2D eigenvalue weighted by molar-refractivity contribution is 8.00. The first-order valence-corrected chi connectivity index (χ1v) is 6.71. The van der Waals surface area contributed by atoms with Crippen LogP contribution in [0, 0.1) is 11.3 Å². The molecule has 0 spiro atoms. The Morgan fingerprint density at radius 1 is 1.42 bits per heavy atom. The molecule has 0 saturated heterocycles. The maximum absolute atomic E-state index is 11.7. The zero-order valence-electron chi connectivity index (χ0n) is 10.5. The molecule has 0 aromatic heterocycles. The van der Waals surface area contributed by atoms with Gasteiger partial charge in [-0.3, -0.25) is 4.79 Å². The van der Waals surface area contributed by atoms with Crippen LogP contribution in [-0.4, -0.2) is 30.5 Å². The predicted octanol–water partition coefficient (Wildman–Crippen LogP) is 1.27. The molecule has 19 heavy (non-hydrogen) atoms. The van der Waals surface area contributed by atoms with Crippen LogP contribution in [-0.2, 0) is 14.3 Å². The van der Waals surface area contributed by atoms with E-state index in [0.717, 1.165) is 0 Å². The van der Waals surface area contributed by atoms with Gasteiger partial charge in [-0.2, -0.15) is 5.26 Å². The third-order valence-corrected chi connectivity index (χ3v) is 3.07. The molecule has 5 nitrogen and oxygen atoms in total. The van der Waals surface area contributed by atoms with Crippen LogP contribution in [0.5, 0.6) is 0 Å². The van der Waals surface area contributed by atoms with E-state index in [1.165, 1.54) is 18.9 Å². The number of ether oxygens (including phenoxy) is 1. The highest BCUT2D eigenvalue weighted by Gasteiger charge is 2.22. The summed E-state index contributed by atoms with van der Waals surface area (Å²) in [6, 6.07) is 9.98. The van der Waals surface area contributed by atoms with E-state index in [4.69, 9.17) is 5.26 Å². The minimum atomic E-state index is -0.818. The van der Waals surface area contributed by atoms with Crippen LogP contribution in [0.4, 0.5) is 0 Å². The van der Waals surface area contributed by atoms with Crippen LogP contribution in [0.1, 0.15) is 11.6 Å². The van der Waals surface area contributed by atoms with E-state index in [2.05, 4.69) is 10.1 Å². The summed E-state index contributed by atoms with van der Waals surface area (Å²) in [5.74, 6) is -0.459. The van der Waals surface area contributed by atoms with Gasteiger partial charge in [0, 0.05) is 0 Å². The van der Waals surface area contributed by atoms with Crippen LogP contribution >= 0.6 is 11.8 Å². The highest BCUT2D eigenvalue weighted by Crippen LogP contribution is 2.14. The lowest BCUT2D eigenvalue weighted by Gasteiger charge is -2.16. The third kappa shape index (κ3) is 5.02. The quantitative estimate of drug-likeness (QED) is 0.626. The highest BCUT2D eigenvalue weighted by atomic mass is 32.2. The maximum atomic E-state index is 11.7. The minimum absolute atomic E-state index is 0.133. The molecule has 0 fully saturated rings. The van der Waals surface area contributed by atoms with Crippen molar-refractivity contribution < 1.29 is 14.3 Å². The monoisotopic (exact) mass is 278 g/mol. The summed E-state index contributed by atoms with van der Waals surface area (Å²) >= 11 is 1.19. The molecule has 1 atom stereocenters. The molecule has 0 saturated carbocycles. The second-order valence-corrected chi connectivity index (χ2v) is 4.57. The number of thioether (sulfide) groups is 1. The van der Waals surface area contributed by atoms with Crippen molar-refractivity contribution in [2.45, 2.75) is 6.04 Å². The van der Waals surface area contributed by atoms with Gasteiger partial charge in [-0.1, -0.05) is 30.3 Å². The van der Waals surface area contributed by atoms with Crippen molar-refractivity contribution in [2.24, 2.45) is 0 Å². The largest absolute Gasteiger partial charge is 0.467 e. The van der Waals surface area contributed by atoms with Crippen LogP contribution in [0.3, 0.4) is 0 Å². The van der Waals surface area contributed by atoms with Crippen molar-refractivity contribution >= 4 is 23.6 Å². The van der Waals surface area contributed by atoms with E-state index in [0.29, 0.717) is 5.56 Å². The number of nitriles is 1. The molecular weight excluding hydrogens is 264 g/mol. The Balaban J connectivity index is 2.69. The number of benzene rings is 1. The lowest BCUT2D eigenvalue weighted by Crippen LogP contribution is -2.35. The first-order chi connectivity index (χ1) is 9.19. The topological polar surface area (TPSA) is 79.2 Å². The fourth-order valence-electron chi connectivity index (χ4n) is 1.43. The van der Waals surface area contributed by atoms with Gasteiger partial charge < -0.3 is 10.1 Å². The SMILES string of the molecule is COC(=O)C(NC(=O)CSCC#N)c1ccccc1. The number of rotatable bonds is 6. The predicted molar refractivity (Wildman–Crippen MR) is 72.3 cm³/mol. The first-order valence-electron chi connectivity index (χ1n) is 5.56. The smallest absolute Gasteiger partial charge is 0.333 e. The Morgan fingerprint density at radius 3 is 2.68 bits per heavy atom. The Hall–Kier alpha value is -2.00. The molecule has 100 valence electrons. The van der Waals surface area contributed by atoms with Crippen molar-refractivity contribution in [1.82, 2.24) is 5.32 Å². The van der Waals surface area contributed by atoms with Gasteiger partial charge in [-0.15, -0.1) is 11.8 Å². The number of methoxy groups -OCH3 is 1. The number of hydrogen-bond acceptors (Lipinski definition) is 5. The van der Waals surface area contributed by atoms with Crippen molar-refractivity contribution in [3.05, 3.63) is 35.9 Å². The van der Waals surface area contributed by atoms with Gasteiger partial charge in [0.05, 0.1) is 24.7 Å². The Labute approximate surface area is 115 Å². The van der Waals surface area contributed by atoms with E-state index in [-0.39, 0.29) is 17.4 Å². The molecule has 0 heterocycles. The van der Waals surface area contributed by atoms with E-state index < -0.39 is 12.0 Å². The van der Waals surface area contributed by atoms with E-state index in [9.17, 15) is 9.59 Å². The Morgan fingerprint density at radius 2 is 2.11 bits per heavy atom. The third-order valence-electron chi connectivity index (χ3n) is 2.27. The van der Waals surface area contributed by atoms with Gasteiger partial charge in [0.2, 0.25) is 5.91 Å². The molecule has 1 aromatic rings. The summed E-state index contributed by atoms with van der Waals surface area (Å²) < 4.78 is 4.68. The van der Waals surface area contributed by atoms with Gasteiger partial charge in [0.15, 0.2) is 6.04 Å². The van der Waals surface area contributed by atoms with Gasteiger partial charge in [-0.25, -0.2) is 4.79 Å². The van der Waals surface area contributed by atoms with Crippen molar-refractivity contribution in [3.63, 3.8) is 0 Å². The standard InChI is InChI=1S/C13H14N2O3S/c1-18-13(17)12(10-5-3-2-4-6-10)15-11(16)9-19-8-7-14/h2-6,12H,8-9H2,1H3,(H,15,16). The molecule has 1 N–H and O–H groups in total. The van der Waals surface area contributed by atoms with Gasteiger partial charge in [0.25, 0.3) is 0 Å². The van der Waals surface area contributed by atoms with Gasteiger partial charge >= 0.3 is 5.97 Å². The molecule has 0 bridgehead atoms. The van der Waals surface area contributed by atoms with Gasteiger partial charge in [-0.05, 0) is 5.56 Å². The second-order valence-electron chi connectivity index (χ2n) is 3.59. The van der Waals surface area contributed by atoms with Crippen molar-refractivity contribution in [2.75, 3.05) is 18.6 Å². The van der Waals surface area contributed by atoms with Crippen LogP contribution in [0.25, 0.3) is 0 Å². The number of carbonyl (C=O) groups is 2. The molecule has 1 aromatic carbocycles. The van der Waals surface area contributed by atoms with Crippen LogP contribution < -0.4 is 5.32 Å². The molecule has 6 heteroatoms. The van der Waals surface area contributed by atoms with Gasteiger partial charge in [0.1, 0.15) is 0 Å². The first kappa shape index (κ1) is 15.1. The average molecular weight is 278 g/mol. The average Bonchev–Trinajstić information content (AvgIpc) is 2.45. The van der Waals surface area contributed by atoms with E-state index in [1.54, 1.807) is 24.3 Å². The summed E-state index contributed by atoms with van der Waals surface area (Å²) in [6.45, 7) is 0. The molecule has 1 rings (SSSR count). The fraction of sp³-hybridized carbons (Fsp3) is 0.308. The number of nitrogens with one attached hydrogen (secondary N) is 1. The fourth-order valence-corrected chi connectivity index (χ4v) is 1.90. The Kier molecular flexibility index (Phi) is 6.47. The summed E-state index contributed by atoms with van der Waals surface area (Å²) in [6.07, 6.45) is 0. The van der Waals surface area contributed by atoms with Crippen LogP contribution in [0.15, 0.2) is 30.3 Å². The lowest BCUT2D eigenvalue weighted by molar-refractivity contribution is -0.145. The molecule has 0 radical (unpaired) electrons. The number of esters is 1. The Bertz CT molecular complexity index is 471. The summed E-state index contributed by atoms with van der Waals surface area (Å²) in [4.78, 5) is 23.4. The van der Waals surface area contributed by atoms with E-state index >= 15 is 0 Å². The van der Waals surface area contributed by atoms with Crippen molar-refractivity contribution in [1.29, 1.82) is 5.26 Å². The number of amides is 1. The molecule has 0 aliphatic rings. The summed E-state index contributed by atoms with van der Waals surface area (Å²) in [5, 5.41) is 11.0. The minimum Gasteiger partial charge on any atom is -0.467 e. The van der Waals surface area contributed by atoms with E-state index in [1.807, 2.05) is 12.1 Å². The maximum Gasteiger partial charge on any atom is 0.333 e. The summed E-state index contributed by atoms with van der Waals surface area (Å²) in [7, 11) is 1.27. The molecule has 1 unspecified atom stereocenters. The number of carbonyl (C=O) groups excluding carboxylic acids is 2. The number of hydrogen-bond donors (Lipinski definition) is 1. The zero-order chi connectivity index (χ0) is 14.1. The summed E-state index contributed by atoms with van der Waals surface area (Å²) in [5.41, 5.74) is 0.660. The van der Waals surface area contributed by atoms with Crippen molar-refractivity contribution in [3.8, 4) is 6.07 Å². The van der Waals surface area contributed by atoms with Crippen LogP contribution in [0.2, 0.25) is 0 Å². The molecule has 1 amide bonds. The second kappa shape index (κ2) is 8.16. The zero-order valence-corrected chi connectivity index (χ0v) is 11.3.